The second-order valence-electron chi connectivity index (χ2n) is 9.23. The quantitative estimate of drug-likeness (QED) is 0.254. The molecule has 1 aliphatic rings. The van der Waals surface area contributed by atoms with Crippen molar-refractivity contribution in [2.45, 2.75) is 33.6 Å². The molecule has 0 radical (unpaired) electrons. The van der Waals surface area contributed by atoms with Gasteiger partial charge in [-0.15, -0.1) is 0 Å². The van der Waals surface area contributed by atoms with Crippen molar-refractivity contribution in [1.82, 2.24) is 14.7 Å². The van der Waals surface area contributed by atoms with E-state index in [4.69, 9.17) is 27.2 Å². The molecule has 192 valence electrons. The zero-order valence-electron chi connectivity index (χ0n) is 21.0. The van der Waals surface area contributed by atoms with Gasteiger partial charge in [0.15, 0.2) is 0 Å². The van der Waals surface area contributed by atoms with E-state index in [0.717, 1.165) is 33.8 Å². The van der Waals surface area contributed by atoms with Crippen molar-refractivity contribution in [3.8, 4) is 22.7 Å². The normalized spacial score (nSPS) is 14.7. The van der Waals surface area contributed by atoms with E-state index in [2.05, 4.69) is 13.8 Å². The lowest BCUT2D eigenvalue weighted by Crippen LogP contribution is -2.29. The van der Waals surface area contributed by atoms with Gasteiger partial charge in [0.05, 0.1) is 17.2 Å². The summed E-state index contributed by atoms with van der Waals surface area (Å²) in [4.78, 5) is 25.9. The van der Waals surface area contributed by atoms with Crippen molar-refractivity contribution in [3.05, 3.63) is 70.8 Å². The molecule has 0 aliphatic carbocycles. The van der Waals surface area contributed by atoms with E-state index in [1.54, 1.807) is 4.68 Å². The van der Waals surface area contributed by atoms with Gasteiger partial charge >= 0.3 is 5.97 Å². The molecule has 37 heavy (non-hydrogen) atoms. The maximum absolute atomic E-state index is 13.1. The summed E-state index contributed by atoms with van der Waals surface area (Å²) in [6.07, 6.45) is 4.05. The Morgan fingerprint density at radius 1 is 1.22 bits per heavy atom. The molecule has 0 unspecified atom stereocenters. The van der Waals surface area contributed by atoms with E-state index in [0.29, 0.717) is 28.2 Å². The van der Waals surface area contributed by atoms with Crippen molar-refractivity contribution in [2.24, 2.45) is 5.92 Å². The Bertz CT molecular complexity index is 1350. The molecule has 0 bridgehead atoms. The van der Waals surface area contributed by atoms with Gasteiger partial charge in [0.2, 0.25) is 0 Å². The van der Waals surface area contributed by atoms with E-state index in [9.17, 15) is 9.59 Å². The summed E-state index contributed by atoms with van der Waals surface area (Å²) in [5, 5.41) is 13.8. The number of aryl methyl sites for hydroxylation is 1. The summed E-state index contributed by atoms with van der Waals surface area (Å²) < 4.78 is 8.17. The number of ether oxygens (including phenoxy) is 1. The molecule has 1 saturated heterocycles. The van der Waals surface area contributed by atoms with Crippen LogP contribution in [0.1, 0.15) is 37.8 Å². The minimum atomic E-state index is -0.894. The largest absolute Gasteiger partial charge is 0.493 e. The van der Waals surface area contributed by atoms with Gasteiger partial charge in [-0.25, -0.2) is 4.68 Å². The van der Waals surface area contributed by atoms with Crippen LogP contribution in [-0.4, -0.2) is 49.1 Å². The van der Waals surface area contributed by atoms with Crippen LogP contribution in [0.3, 0.4) is 0 Å². The summed E-state index contributed by atoms with van der Waals surface area (Å²) in [5.41, 5.74) is 4.33. The smallest absolute Gasteiger partial charge is 0.303 e. The SMILES string of the molecule is Cc1cc(-c2nn(-c3ccccc3)cc2/C=C2\SC(=S)N(CCCC(=O)O)C2=O)ccc1OCC(C)C. The zero-order valence-corrected chi connectivity index (χ0v) is 22.6. The standard InChI is InChI=1S/C28H29N3O4S2/c1-18(2)17-35-23-12-11-20(14-19(23)3)26-21(16-31(29-26)22-8-5-4-6-9-22)15-24-27(34)30(28(36)37-24)13-7-10-25(32)33/h4-6,8-9,11-12,14-16,18H,7,10,13,17H2,1-3H3,(H,32,33)/b24-15-. The number of hydrogen-bond acceptors (Lipinski definition) is 6. The third-order valence-electron chi connectivity index (χ3n) is 5.72. The highest BCUT2D eigenvalue weighted by Gasteiger charge is 2.32. The summed E-state index contributed by atoms with van der Waals surface area (Å²) in [7, 11) is 0. The highest BCUT2D eigenvalue weighted by Crippen LogP contribution is 2.36. The molecular formula is C28H29N3O4S2. The maximum atomic E-state index is 13.1. The highest BCUT2D eigenvalue weighted by molar-refractivity contribution is 8.26. The number of para-hydroxylation sites is 1. The van der Waals surface area contributed by atoms with E-state index in [-0.39, 0.29) is 18.9 Å². The fraction of sp³-hybridized carbons (Fsp3) is 0.286. The number of carbonyl (C=O) groups is 2. The number of nitrogens with zero attached hydrogens (tertiary/aromatic N) is 3. The third-order valence-corrected chi connectivity index (χ3v) is 7.09. The number of carboxylic acids is 1. The molecule has 1 aliphatic heterocycles. The third kappa shape index (κ3) is 6.47. The second kappa shape index (κ2) is 11.7. The molecule has 2 heterocycles. The molecule has 7 nitrogen and oxygen atoms in total. The molecule has 4 rings (SSSR count). The van der Waals surface area contributed by atoms with Crippen molar-refractivity contribution in [1.29, 1.82) is 0 Å². The summed E-state index contributed by atoms with van der Waals surface area (Å²) >= 11 is 6.64. The molecular weight excluding hydrogens is 506 g/mol. The Labute approximate surface area is 226 Å². The van der Waals surface area contributed by atoms with E-state index >= 15 is 0 Å². The molecule has 1 aromatic heterocycles. The van der Waals surface area contributed by atoms with Crippen LogP contribution in [0.2, 0.25) is 0 Å². The number of hydrogen-bond donors (Lipinski definition) is 1. The molecule has 0 saturated carbocycles. The van der Waals surface area contributed by atoms with E-state index < -0.39 is 5.97 Å². The Kier molecular flexibility index (Phi) is 8.45. The van der Waals surface area contributed by atoms with Crippen LogP contribution in [0.4, 0.5) is 0 Å². The van der Waals surface area contributed by atoms with Crippen LogP contribution in [0.5, 0.6) is 5.75 Å². The minimum absolute atomic E-state index is 0.0136. The number of thioether (sulfide) groups is 1. The number of benzene rings is 2. The minimum Gasteiger partial charge on any atom is -0.493 e. The van der Waals surface area contributed by atoms with Gasteiger partial charge in [-0.2, -0.15) is 5.10 Å². The molecule has 9 heteroatoms. The molecule has 1 N–H and O–H groups in total. The number of amides is 1. The lowest BCUT2D eigenvalue weighted by atomic mass is 10.0. The highest BCUT2D eigenvalue weighted by atomic mass is 32.2. The first-order valence-corrected chi connectivity index (χ1v) is 13.3. The summed E-state index contributed by atoms with van der Waals surface area (Å²) in [6, 6.07) is 15.8. The van der Waals surface area contributed by atoms with Crippen molar-refractivity contribution in [3.63, 3.8) is 0 Å². The topological polar surface area (TPSA) is 84.7 Å². The number of rotatable bonds is 10. The van der Waals surface area contributed by atoms with Crippen LogP contribution in [-0.2, 0) is 9.59 Å². The predicted octanol–water partition coefficient (Wildman–Crippen LogP) is 5.95. The first kappa shape index (κ1) is 26.6. The van der Waals surface area contributed by atoms with Gasteiger partial charge < -0.3 is 9.84 Å². The number of carbonyl (C=O) groups excluding carboxylic acids is 1. The Morgan fingerprint density at radius 3 is 2.65 bits per heavy atom. The van der Waals surface area contributed by atoms with Gasteiger partial charge in [0.25, 0.3) is 5.91 Å². The monoisotopic (exact) mass is 535 g/mol. The van der Waals surface area contributed by atoms with Gasteiger partial charge in [-0.1, -0.05) is 56.0 Å². The number of thiocarbonyl (C=S) groups is 1. The maximum Gasteiger partial charge on any atom is 0.303 e. The van der Waals surface area contributed by atoms with Crippen LogP contribution in [0, 0.1) is 12.8 Å². The van der Waals surface area contributed by atoms with Gasteiger partial charge in [0.1, 0.15) is 15.8 Å². The van der Waals surface area contributed by atoms with Gasteiger partial charge in [-0.05, 0) is 61.2 Å². The molecule has 0 spiro atoms. The average molecular weight is 536 g/mol. The second-order valence-corrected chi connectivity index (χ2v) is 10.9. The predicted molar refractivity (Wildman–Crippen MR) is 151 cm³/mol. The first-order valence-electron chi connectivity index (χ1n) is 12.1. The summed E-state index contributed by atoms with van der Waals surface area (Å²) in [5.74, 6) is 0.154. The van der Waals surface area contributed by atoms with Crippen molar-refractivity contribution in [2.75, 3.05) is 13.2 Å². The molecule has 2 aromatic carbocycles. The average Bonchev–Trinajstić information content (AvgIpc) is 3.40. The Morgan fingerprint density at radius 2 is 1.97 bits per heavy atom. The van der Waals surface area contributed by atoms with Crippen LogP contribution >= 0.6 is 24.0 Å². The molecule has 0 atom stereocenters. The van der Waals surface area contributed by atoms with Crippen LogP contribution < -0.4 is 4.74 Å². The van der Waals surface area contributed by atoms with Crippen molar-refractivity contribution >= 4 is 46.3 Å². The first-order chi connectivity index (χ1) is 17.7. The lowest BCUT2D eigenvalue weighted by Gasteiger charge is -2.13. The number of carboxylic acid groups (broad SMARTS) is 1. The fourth-order valence-electron chi connectivity index (χ4n) is 3.87. The fourth-order valence-corrected chi connectivity index (χ4v) is 5.17. The van der Waals surface area contributed by atoms with Crippen LogP contribution in [0.25, 0.3) is 23.0 Å². The lowest BCUT2D eigenvalue weighted by molar-refractivity contribution is -0.137. The van der Waals surface area contributed by atoms with Gasteiger partial charge in [0, 0.05) is 30.3 Å². The van der Waals surface area contributed by atoms with Crippen LogP contribution in [0.15, 0.2) is 59.6 Å². The van der Waals surface area contributed by atoms with E-state index in [1.807, 2.05) is 67.7 Å². The number of aliphatic carboxylic acids is 1. The molecule has 3 aromatic rings. The molecule has 1 fully saturated rings. The Balaban J connectivity index is 1.69. The van der Waals surface area contributed by atoms with Crippen molar-refractivity contribution < 1.29 is 19.4 Å². The number of aromatic nitrogens is 2. The Hall–Kier alpha value is -3.43. The summed E-state index contributed by atoms with van der Waals surface area (Å²) in [6.45, 7) is 7.15. The van der Waals surface area contributed by atoms with Gasteiger partial charge in [-0.3, -0.25) is 14.5 Å². The zero-order chi connectivity index (χ0) is 26.5. The molecule has 1 amide bonds. The van der Waals surface area contributed by atoms with E-state index in [1.165, 1.54) is 16.7 Å².